The fraction of sp³-hybridized carbons (Fsp3) is 0.600. The second kappa shape index (κ2) is 7.02. The maximum atomic E-state index is 12.9. The number of halogens is 2. The standard InChI is InChI=1S/C15H22F2N2O2S/c1-19(2)15(13-5-3-4-10-18-13)22(20,21)12-8-6-11(7-9-12)14(16)17/h6-9,13-15,18H,3-5,10H2,1-2H3/t13?,15-/m0/s1. The Labute approximate surface area is 130 Å². The van der Waals surface area contributed by atoms with Gasteiger partial charge in [0.2, 0.25) is 0 Å². The summed E-state index contributed by atoms with van der Waals surface area (Å²) in [7, 11) is -0.167. The Hall–Kier alpha value is -1.05. The van der Waals surface area contributed by atoms with Crippen molar-refractivity contribution in [1.29, 1.82) is 0 Å². The summed E-state index contributed by atoms with van der Waals surface area (Å²) in [4.78, 5) is 1.77. The number of sulfone groups is 1. The van der Waals surface area contributed by atoms with Crippen molar-refractivity contribution in [3.63, 3.8) is 0 Å². The van der Waals surface area contributed by atoms with E-state index in [9.17, 15) is 17.2 Å². The second-order valence-electron chi connectivity index (χ2n) is 5.83. The normalized spacial score (nSPS) is 21.3. The molecule has 1 unspecified atom stereocenters. The molecule has 1 saturated heterocycles. The molecule has 1 fully saturated rings. The molecule has 124 valence electrons. The van der Waals surface area contributed by atoms with E-state index in [4.69, 9.17) is 0 Å². The highest BCUT2D eigenvalue weighted by Crippen LogP contribution is 2.26. The Morgan fingerprint density at radius 1 is 1.18 bits per heavy atom. The zero-order chi connectivity index (χ0) is 16.3. The van der Waals surface area contributed by atoms with Gasteiger partial charge in [-0.25, -0.2) is 17.2 Å². The number of benzene rings is 1. The molecule has 1 aromatic rings. The maximum Gasteiger partial charge on any atom is 0.263 e. The van der Waals surface area contributed by atoms with Gasteiger partial charge in [-0.15, -0.1) is 0 Å². The van der Waals surface area contributed by atoms with Crippen molar-refractivity contribution in [2.24, 2.45) is 0 Å². The Bertz CT molecular complexity index is 582. The average molecular weight is 332 g/mol. The van der Waals surface area contributed by atoms with E-state index in [1.54, 1.807) is 19.0 Å². The van der Waals surface area contributed by atoms with Crippen molar-refractivity contribution in [2.75, 3.05) is 20.6 Å². The van der Waals surface area contributed by atoms with Crippen LogP contribution >= 0.6 is 0 Å². The molecule has 0 aromatic heterocycles. The Kier molecular flexibility index (Phi) is 5.52. The molecule has 0 saturated carbocycles. The quantitative estimate of drug-likeness (QED) is 0.900. The van der Waals surface area contributed by atoms with Crippen LogP contribution in [0, 0.1) is 0 Å². The summed E-state index contributed by atoms with van der Waals surface area (Å²) in [5, 5.41) is 2.56. The molecule has 2 atom stereocenters. The molecule has 1 aromatic carbocycles. The minimum atomic E-state index is -3.62. The average Bonchev–Trinajstić information content (AvgIpc) is 2.48. The predicted molar refractivity (Wildman–Crippen MR) is 81.7 cm³/mol. The minimum Gasteiger partial charge on any atom is -0.311 e. The molecule has 7 heteroatoms. The van der Waals surface area contributed by atoms with Crippen LogP contribution in [0.15, 0.2) is 29.2 Å². The largest absolute Gasteiger partial charge is 0.311 e. The molecule has 1 aliphatic rings. The van der Waals surface area contributed by atoms with Crippen LogP contribution in [0.25, 0.3) is 0 Å². The van der Waals surface area contributed by atoms with Crippen molar-refractivity contribution in [3.8, 4) is 0 Å². The van der Waals surface area contributed by atoms with Crippen LogP contribution in [0.1, 0.15) is 31.3 Å². The highest BCUT2D eigenvalue weighted by molar-refractivity contribution is 7.92. The molecule has 0 aliphatic carbocycles. The molecule has 0 spiro atoms. The van der Waals surface area contributed by atoms with Crippen LogP contribution in [-0.2, 0) is 9.84 Å². The third-order valence-corrected chi connectivity index (χ3v) is 6.30. The summed E-state index contributed by atoms with van der Waals surface area (Å²) >= 11 is 0. The first kappa shape index (κ1) is 17.3. The third-order valence-electron chi connectivity index (χ3n) is 3.98. The van der Waals surface area contributed by atoms with Gasteiger partial charge < -0.3 is 5.32 Å². The Morgan fingerprint density at radius 2 is 1.82 bits per heavy atom. The molecule has 1 aliphatic heterocycles. The third kappa shape index (κ3) is 3.64. The number of nitrogens with zero attached hydrogens (tertiary/aromatic N) is 1. The van der Waals surface area contributed by atoms with Crippen molar-refractivity contribution in [3.05, 3.63) is 29.8 Å². The van der Waals surface area contributed by atoms with Crippen LogP contribution in [0.2, 0.25) is 0 Å². The van der Waals surface area contributed by atoms with Crippen LogP contribution in [-0.4, -0.2) is 45.4 Å². The molecule has 22 heavy (non-hydrogen) atoms. The predicted octanol–water partition coefficient (Wildman–Crippen LogP) is 2.43. The smallest absolute Gasteiger partial charge is 0.263 e. The lowest BCUT2D eigenvalue weighted by Crippen LogP contribution is -2.53. The number of rotatable bonds is 5. The number of piperidine rings is 1. The van der Waals surface area contributed by atoms with Gasteiger partial charge in [-0.2, -0.15) is 0 Å². The van der Waals surface area contributed by atoms with Crippen molar-refractivity contribution in [1.82, 2.24) is 10.2 Å². The van der Waals surface area contributed by atoms with Gasteiger partial charge in [0.05, 0.1) is 4.90 Å². The first-order valence-electron chi connectivity index (χ1n) is 7.36. The van der Waals surface area contributed by atoms with E-state index < -0.39 is 21.6 Å². The SMILES string of the molecule is CN(C)[C@H](C1CCCCN1)S(=O)(=O)c1ccc(C(F)F)cc1. The Balaban J connectivity index is 2.32. The van der Waals surface area contributed by atoms with Crippen molar-refractivity contribution < 1.29 is 17.2 Å². The summed E-state index contributed by atoms with van der Waals surface area (Å²) < 4.78 is 51.0. The first-order valence-corrected chi connectivity index (χ1v) is 8.90. The van der Waals surface area contributed by atoms with Gasteiger partial charge in [0.25, 0.3) is 6.43 Å². The van der Waals surface area contributed by atoms with E-state index in [-0.39, 0.29) is 16.5 Å². The summed E-state index contributed by atoms with van der Waals surface area (Å²) in [5.41, 5.74) is -0.170. The second-order valence-corrected chi connectivity index (χ2v) is 7.87. The molecular formula is C15H22F2N2O2S. The summed E-state index contributed by atoms with van der Waals surface area (Å²) in [6.45, 7) is 0.800. The molecule has 0 radical (unpaired) electrons. The summed E-state index contributed by atoms with van der Waals surface area (Å²) in [5.74, 6) is 0. The zero-order valence-electron chi connectivity index (χ0n) is 12.8. The van der Waals surface area contributed by atoms with Gasteiger partial charge in [-0.3, -0.25) is 4.90 Å². The van der Waals surface area contributed by atoms with Gasteiger partial charge in [0, 0.05) is 11.6 Å². The monoisotopic (exact) mass is 332 g/mol. The van der Waals surface area contributed by atoms with Gasteiger partial charge >= 0.3 is 0 Å². The number of nitrogens with one attached hydrogen (secondary N) is 1. The minimum absolute atomic E-state index is 0.0861. The number of hydrogen-bond acceptors (Lipinski definition) is 4. The van der Waals surface area contributed by atoms with Crippen LogP contribution in [0.5, 0.6) is 0 Å². The molecule has 1 N–H and O–H groups in total. The Morgan fingerprint density at radius 3 is 2.27 bits per heavy atom. The van der Waals surface area contributed by atoms with Crippen LogP contribution in [0.3, 0.4) is 0 Å². The first-order chi connectivity index (χ1) is 10.3. The highest BCUT2D eigenvalue weighted by Gasteiger charge is 2.37. The van der Waals surface area contributed by atoms with E-state index in [1.807, 2.05) is 0 Å². The number of likely N-dealkylation sites (N-methyl/N-ethyl adjacent to an activating group) is 1. The van der Waals surface area contributed by atoms with Crippen molar-refractivity contribution >= 4 is 9.84 Å². The van der Waals surface area contributed by atoms with E-state index in [1.165, 1.54) is 24.3 Å². The number of alkyl halides is 2. The lowest BCUT2D eigenvalue weighted by molar-refractivity contribution is 0.151. The number of hydrogen-bond donors (Lipinski definition) is 1. The van der Waals surface area contributed by atoms with Crippen molar-refractivity contribution in [2.45, 2.75) is 42.0 Å². The molecule has 0 amide bonds. The van der Waals surface area contributed by atoms with Crippen LogP contribution < -0.4 is 5.32 Å². The topological polar surface area (TPSA) is 49.4 Å². The zero-order valence-corrected chi connectivity index (χ0v) is 13.6. The van der Waals surface area contributed by atoms with E-state index in [0.717, 1.165) is 25.8 Å². The fourth-order valence-corrected chi connectivity index (χ4v) is 4.93. The molecule has 4 nitrogen and oxygen atoms in total. The maximum absolute atomic E-state index is 12.9. The highest BCUT2D eigenvalue weighted by atomic mass is 32.2. The van der Waals surface area contributed by atoms with E-state index >= 15 is 0 Å². The molecular weight excluding hydrogens is 310 g/mol. The van der Waals surface area contributed by atoms with Crippen LogP contribution in [0.4, 0.5) is 8.78 Å². The van der Waals surface area contributed by atoms with Gasteiger partial charge in [0.15, 0.2) is 9.84 Å². The molecule has 0 bridgehead atoms. The lowest BCUT2D eigenvalue weighted by atomic mass is 10.0. The van der Waals surface area contributed by atoms with E-state index in [2.05, 4.69) is 5.32 Å². The van der Waals surface area contributed by atoms with Gasteiger partial charge in [-0.05, 0) is 45.6 Å². The summed E-state index contributed by atoms with van der Waals surface area (Å²) in [6, 6.07) is 4.76. The summed E-state index contributed by atoms with van der Waals surface area (Å²) in [6.07, 6.45) is 0.222. The molecule has 2 rings (SSSR count). The molecule has 1 heterocycles. The fourth-order valence-electron chi connectivity index (χ4n) is 2.92. The van der Waals surface area contributed by atoms with E-state index in [0.29, 0.717) is 0 Å². The van der Waals surface area contributed by atoms with Gasteiger partial charge in [0.1, 0.15) is 5.37 Å². The van der Waals surface area contributed by atoms with Gasteiger partial charge in [-0.1, -0.05) is 18.6 Å². The lowest BCUT2D eigenvalue weighted by Gasteiger charge is -2.35.